The average molecular weight is 350 g/mol. The summed E-state index contributed by atoms with van der Waals surface area (Å²) in [7, 11) is 0. The second-order valence-corrected chi connectivity index (χ2v) is 5.11. The van der Waals surface area contributed by atoms with Crippen LogP contribution in [0.5, 0.6) is 0 Å². The molecule has 0 aliphatic heterocycles. The van der Waals surface area contributed by atoms with E-state index >= 15 is 0 Å². The Kier molecular flexibility index (Phi) is 6.06. The second kappa shape index (κ2) is 7.33. The van der Waals surface area contributed by atoms with Gasteiger partial charge in [-0.15, -0.1) is 0 Å². The maximum Gasteiger partial charge on any atom is 0.326 e. The third kappa shape index (κ3) is 4.26. The van der Waals surface area contributed by atoms with Gasteiger partial charge in [-0.2, -0.15) is 0 Å². The van der Waals surface area contributed by atoms with Gasteiger partial charge in [0, 0.05) is 4.47 Å². The number of benzene rings is 1. The van der Waals surface area contributed by atoms with Gasteiger partial charge in [0.1, 0.15) is 6.04 Å². The highest BCUT2D eigenvalue weighted by molar-refractivity contribution is 9.10. The standard InChI is InChI=1S/C13H14BrF2NO3/c1-2-3-4-11(13(19)20)17-12(18)7-5-9(15)10(16)6-8(7)14/h5-6,11H,2-4H2,1H3,(H,17,18)(H,19,20). The lowest BCUT2D eigenvalue weighted by molar-refractivity contribution is -0.139. The van der Waals surface area contributed by atoms with Crippen molar-refractivity contribution in [2.24, 2.45) is 0 Å². The molecular formula is C13H14BrF2NO3. The summed E-state index contributed by atoms with van der Waals surface area (Å²) >= 11 is 2.95. The zero-order chi connectivity index (χ0) is 15.3. The van der Waals surface area contributed by atoms with Crippen LogP contribution in [0.2, 0.25) is 0 Å². The number of rotatable bonds is 6. The maximum atomic E-state index is 13.1. The van der Waals surface area contributed by atoms with Crippen molar-refractivity contribution in [2.75, 3.05) is 0 Å². The first-order valence-electron chi connectivity index (χ1n) is 6.05. The number of hydrogen-bond donors (Lipinski definition) is 2. The third-order valence-electron chi connectivity index (χ3n) is 2.70. The normalized spacial score (nSPS) is 12.0. The number of carbonyl (C=O) groups excluding carboxylic acids is 1. The Hall–Kier alpha value is -1.50. The quantitative estimate of drug-likeness (QED) is 0.775. The molecule has 0 bridgehead atoms. The van der Waals surface area contributed by atoms with Crippen LogP contribution in [-0.2, 0) is 4.79 Å². The number of carboxylic acid groups (broad SMARTS) is 1. The van der Waals surface area contributed by atoms with Gasteiger partial charge in [0.15, 0.2) is 11.6 Å². The van der Waals surface area contributed by atoms with E-state index < -0.39 is 29.6 Å². The van der Waals surface area contributed by atoms with Gasteiger partial charge in [-0.05, 0) is 34.5 Å². The third-order valence-corrected chi connectivity index (χ3v) is 3.36. The predicted octanol–water partition coefficient (Wildman–Crippen LogP) is 3.10. The van der Waals surface area contributed by atoms with Crippen molar-refractivity contribution >= 4 is 27.8 Å². The minimum absolute atomic E-state index is 0.0635. The smallest absolute Gasteiger partial charge is 0.326 e. The lowest BCUT2D eigenvalue weighted by Gasteiger charge is -2.14. The van der Waals surface area contributed by atoms with Crippen LogP contribution in [0.4, 0.5) is 8.78 Å². The molecule has 1 aromatic carbocycles. The van der Waals surface area contributed by atoms with Crippen molar-refractivity contribution in [1.29, 1.82) is 0 Å². The Morgan fingerprint density at radius 1 is 1.35 bits per heavy atom. The fourth-order valence-electron chi connectivity index (χ4n) is 1.60. The molecule has 1 unspecified atom stereocenters. The number of hydrogen-bond acceptors (Lipinski definition) is 2. The van der Waals surface area contributed by atoms with Crippen LogP contribution in [0.3, 0.4) is 0 Å². The minimum atomic E-state index is -1.17. The minimum Gasteiger partial charge on any atom is -0.480 e. The summed E-state index contributed by atoms with van der Waals surface area (Å²) in [5.74, 6) is -4.18. The lowest BCUT2D eigenvalue weighted by Crippen LogP contribution is -2.40. The van der Waals surface area contributed by atoms with Crippen LogP contribution in [-0.4, -0.2) is 23.0 Å². The Bertz CT molecular complexity index is 523. The molecule has 1 atom stereocenters. The van der Waals surface area contributed by atoms with Gasteiger partial charge < -0.3 is 10.4 Å². The number of carbonyl (C=O) groups is 2. The SMILES string of the molecule is CCCCC(NC(=O)c1cc(F)c(F)cc1Br)C(=O)O. The number of unbranched alkanes of at least 4 members (excludes halogenated alkanes) is 1. The molecule has 0 aromatic heterocycles. The van der Waals surface area contributed by atoms with Crippen molar-refractivity contribution < 1.29 is 23.5 Å². The molecule has 110 valence electrons. The van der Waals surface area contributed by atoms with E-state index in [0.29, 0.717) is 6.42 Å². The van der Waals surface area contributed by atoms with Gasteiger partial charge in [0.05, 0.1) is 5.56 Å². The van der Waals surface area contributed by atoms with Gasteiger partial charge in [0.25, 0.3) is 5.91 Å². The van der Waals surface area contributed by atoms with Gasteiger partial charge in [0.2, 0.25) is 0 Å². The van der Waals surface area contributed by atoms with Crippen LogP contribution in [0.15, 0.2) is 16.6 Å². The molecule has 1 amide bonds. The van der Waals surface area contributed by atoms with Crippen molar-refractivity contribution in [3.05, 3.63) is 33.8 Å². The second-order valence-electron chi connectivity index (χ2n) is 4.25. The van der Waals surface area contributed by atoms with Crippen LogP contribution in [0, 0.1) is 11.6 Å². The largest absolute Gasteiger partial charge is 0.480 e. The Labute approximate surface area is 123 Å². The van der Waals surface area contributed by atoms with Crippen LogP contribution < -0.4 is 5.32 Å². The number of halogens is 3. The molecule has 20 heavy (non-hydrogen) atoms. The van der Waals surface area contributed by atoms with E-state index in [9.17, 15) is 18.4 Å². The Morgan fingerprint density at radius 2 is 1.95 bits per heavy atom. The highest BCUT2D eigenvalue weighted by Crippen LogP contribution is 2.20. The number of carboxylic acids is 1. The monoisotopic (exact) mass is 349 g/mol. The van der Waals surface area contributed by atoms with E-state index in [1.54, 1.807) is 0 Å². The summed E-state index contributed by atoms with van der Waals surface area (Å²) in [5, 5.41) is 11.3. The zero-order valence-electron chi connectivity index (χ0n) is 10.8. The molecule has 4 nitrogen and oxygen atoms in total. The summed E-state index contributed by atoms with van der Waals surface area (Å²) in [6.07, 6.45) is 1.70. The molecule has 1 aromatic rings. The molecular weight excluding hydrogens is 336 g/mol. The molecule has 7 heteroatoms. The fourth-order valence-corrected chi connectivity index (χ4v) is 2.09. The van der Waals surface area contributed by atoms with Crippen LogP contribution >= 0.6 is 15.9 Å². The van der Waals surface area contributed by atoms with E-state index in [0.717, 1.165) is 18.6 Å². The highest BCUT2D eigenvalue weighted by Gasteiger charge is 2.22. The van der Waals surface area contributed by atoms with Crippen molar-refractivity contribution in [3.63, 3.8) is 0 Å². The first kappa shape index (κ1) is 16.6. The number of amides is 1. The molecule has 0 spiro atoms. The molecule has 0 radical (unpaired) electrons. The Morgan fingerprint density at radius 3 is 2.50 bits per heavy atom. The first-order valence-corrected chi connectivity index (χ1v) is 6.84. The van der Waals surface area contributed by atoms with Gasteiger partial charge >= 0.3 is 5.97 Å². The fraction of sp³-hybridized carbons (Fsp3) is 0.385. The van der Waals surface area contributed by atoms with Crippen LogP contribution in [0.1, 0.15) is 36.5 Å². The summed E-state index contributed by atoms with van der Waals surface area (Å²) < 4.78 is 26.1. The topological polar surface area (TPSA) is 66.4 Å². The molecule has 0 saturated heterocycles. The lowest BCUT2D eigenvalue weighted by atomic mass is 10.1. The van der Waals surface area contributed by atoms with E-state index in [4.69, 9.17) is 5.11 Å². The van der Waals surface area contributed by atoms with Gasteiger partial charge in [-0.25, -0.2) is 13.6 Å². The molecule has 0 aliphatic carbocycles. The molecule has 0 fully saturated rings. The number of aliphatic carboxylic acids is 1. The predicted molar refractivity (Wildman–Crippen MR) is 72.5 cm³/mol. The first-order chi connectivity index (χ1) is 9.36. The Balaban J connectivity index is 2.89. The molecule has 0 saturated carbocycles. The zero-order valence-corrected chi connectivity index (χ0v) is 12.3. The molecule has 2 N–H and O–H groups in total. The maximum absolute atomic E-state index is 13.1. The van der Waals surface area contributed by atoms with Gasteiger partial charge in [-0.3, -0.25) is 4.79 Å². The summed E-state index contributed by atoms with van der Waals surface area (Å²) in [6.45, 7) is 1.90. The van der Waals surface area contributed by atoms with Crippen molar-refractivity contribution in [3.8, 4) is 0 Å². The average Bonchev–Trinajstić information content (AvgIpc) is 2.38. The van der Waals surface area contributed by atoms with Crippen molar-refractivity contribution in [1.82, 2.24) is 5.32 Å². The molecule has 0 aliphatic rings. The highest BCUT2D eigenvalue weighted by atomic mass is 79.9. The molecule has 0 heterocycles. The molecule has 1 rings (SSSR count). The summed E-state index contributed by atoms with van der Waals surface area (Å²) in [4.78, 5) is 22.9. The summed E-state index contributed by atoms with van der Waals surface area (Å²) in [5.41, 5.74) is -0.147. The van der Waals surface area contributed by atoms with E-state index in [-0.39, 0.29) is 16.5 Å². The van der Waals surface area contributed by atoms with Crippen molar-refractivity contribution in [2.45, 2.75) is 32.2 Å². The van der Waals surface area contributed by atoms with Crippen LogP contribution in [0.25, 0.3) is 0 Å². The summed E-state index contributed by atoms with van der Waals surface area (Å²) in [6, 6.07) is 0.502. The van der Waals surface area contributed by atoms with E-state index in [1.165, 1.54) is 0 Å². The van der Waals surface area contributed by atoms with E-state index in [2.05, 4.69) is 21.2 Å². The van der Waals surface area contributed by atoms with Gasteiger partial charge in [-0.1, -0.05) is 19.8 Å². The van der Waals surface area contributed by atoms with E-state index in [1.807, 2.05) is 6.92 Å². The number of nitrogens with one attached hydrogen (secondary N) is 1.